The predicted octanol–water partition coefficient (Wildman–Crippen LogP) is -1.80. The van der Waals surface area contributed by atoms with Crippen molar-refractivity contribution in [1.82, 2.24) is 10.2 Å². The van der Waals surface area contributed by atoms with Crippen LogP contribution in [0.25, 0.3) is 6.08 Å². The Morgan fingerprint density at radius 3 is 2.21 bits per heavy atom. The Morgan fingerprint density at radius 2 is 1.68 bits per heavy atom. The van der Waals surface area contributed by atoms with Crippen molar-refractivity contribution >= 4 is 23.6 Å². The Labute approximate surface area is 220 Å². The average Bonchev–Trinajstić information content (AvgIpc) is 3.28. The van der Waals surface area contributed by atoms with E-state index in [-0.39, 0.29) is 0 Å². The molecule has 1 saturated carbocycles. The molecule has 0 aromatic heterocycles. The number of ether oxygens (including phenoxy) is 3. The van der Waals surface area contributed by atoms with Gasteiger partial charge < -0.3 is 54.9 Å². The predicted molar refractivity (Wildman–Crippen MR) is 135 cm³/mol. The van der Waals surface area contributed by atoms with Crippen LogP contribution in [0.4, 0.5) is 5.69 Å². The average molecular weight is 540 g/mol. The number of carbonyl (C=O) groups excluding carboxylic acids is 1. The smallest absolute Gasteiger partial charge is 0.335 e. The highest BCUT2D eigenvalue weighted by molar-refractivity contribution is 5.97. The van der Waals surface area contributed by atoms with Crippen molar-refractivity contribution in [3.05, 3.63) is 35.4 Å². The zero-order chi connectivity index (χ0) is 28.3. The fraction of sp³-hybridized carbons (Fsp3) is 0.600. The number of benzene rings is 1. The van der Waals surface area contributed by atoms with E-state index in [0.717, 1.165) is 11.3 Å². The fourth-order valence-electron chi connectivity index (χ4n) is 4.63. The van der Waals surface area contributed by atoms with E-state index in [9.17, 15) is 30.0 Å². The summed E-state index contributed by atoms with van der Waals surface area (Å²) in [5, 5.41) is 52.7. The molecule has 0 spiro atoms. The van der Waals surface area contributed by atoms with E-state index in [1.54, 1.807) is 32.0 Å². The Kier molecular flexibility index (Phi) is 9.84. The summed E-state index contributed by atoms with van der Waals surface area (Å²) in [6.45, 7) is -0.858. The molecular weight excluding hydrogens is 502 g/mol. The van der Waals surface area contributed by atoms with Crippen LogP contribution in [0.2, 0.25) is 0 Å². The second-order valence-corrected chi connectivity index (χ2v) is 9.88. The van der Waals surface area contributed by atoms with Crippen LogP contribution in [0, 0.1) is 0 Å². The van der Waals surface area contributed by atoms with Crippen LogP contribution in [0.15, 0.2) is 29.8 Å². The van der Waals surface area contributed by atoms with Gasteiger partial charge in [-0.3, -0.25) is 4.79 Å². The van der Waals surface area contributed by atoms with Crippen molar-refractivity contribution in [2.24, 2.45) is 0 Å². The first-order valence-corrected chi connectivity index (χ1v) is 12.1. The first-order valence-electron chi connectivity index (χ1n) is 12.1. The second kappa shape index (κ2) is 12.5. The SMILES string of the molecule is C/C(=C\c1ccc(N(C)C)cc1)C(=O)N[C@@H]1[C@H](O)[C@@H](O)[C@H]2OC(OC(C(=O)O)C(O)CO)O[C@H]2[C@@H]1N(C)C. The van der Waals surface area contributed by atoms with Crippen LogP contribution in [-0.2, 0) is 23.8 Å². The Morgan fingerprint density at radius 1 is 1.08 bits per heavy atom. The van der Waals surface area contributed by atoms with Crippen molar-refractivity contribution in [2.45, 2.75) is 62.1 Å². The minimum atomic E-state index is -1.86. The van der Waals surface area contributed by atoms with Crippen molar-refractivity contribution < 1.29 is 49.3 Å². The van der Waals surface area contributed by atoms with Gasteiger partial charge in [0.05, 0.1) is 18.7 Å². The summed E-state index contributed by atoms with van der Waals surface area (Å²) in [5.41, 5.74) is 2.19. The normalized spacial score (nSPS) is 31.0. The number of nitrogens with one attached hydrogen (secondary N) is 1. The fourth-order valence-corrected chi connectivity index (χ4v) is 4.63. The van der Waals surface area contributed by atoms with Crippen molar-refractivity contribution in [3.63, 3.8) is 0 Å². The molecule has 13 heteroatoms. The summed E-state index contributed by atoms with van der Waals surface area (Å²) in [5.74, 6) is -2.02. The molecule has 38 heavy (non-hydrogen) atoms. The summed E-state index contributed by atoms with van der Waals surface area (Å²) in [7, 11) is 7.23. The minimum Gasteiger partial charge on any atom is -0.479 e. The topological polar surface area (TPSA) is 181 Å². The van der Waals surface area contributed by atoms with Gasteiger partial charge in [0, 0.05) is 25.4 Å². The Hall–Kier alpha value is -2.62. The number of amides is 1. The molecule has 1 aromatic carbocycles. The maximum absolute atomic E-state index is 13.1. The molecular formula is C25H37N3O10. The lowest BCUT2D eigenvalue weighted by Gasteiger charge is -2.46. The second-order valence-electron chi connectivity index (χ2n) is 9.88. The number of rotatable bonds is 10. The number of nitrogens with zero attached hydrogens (tertiary/aromatic N) is 2. The van der Waals surface area contributed by atoms with E-state index >= 15 is 0 Å². The molecule has 0 radical (unpaired) electrons. The maximum Gasteiger partial charge on any atom is 0.335 e. The zero-order valence-corrected chi connectivity index (χ0v) is 22.0. The van der Waals surface area contributed by atoms with Gasteiger partial charge in [-0.1, -0.05) is 12.1 Å². The number of aliphatic hydroxyl groups excluding tert-OH is 4. The van der Waals surface area contributed by atoms with E-state index in [1.807, 2.05) is 43.3 Å². The van der Waals surface area contributed by atoms with E-state index in [0.29, 0.717) is 5.57 Å². The van der Waals surface area contributed by atoms with Gasteiger partial charge in [-0.15, -0.1) is 0 Å². The molecule has 9 atom stereocenters. The quantitative estimate of drug-likeness (QED) is 0.184. The number of hydrogen-bond donors (Lipinski definition) is 6. The molecule has 1 aliphatic heterocycles. The number of hydrogen-bond acceptors (Lipinski definition) is 11. The molecule has 1 amide bonds. The van der Waals surface area contributed by atoms with Gasteiger partial charge in [0.2, 0.25) is 5.91 Å². The highest BCUT2D eigenvalue weighted by Crippen LogP contribution is 2.35. The van der Waals surface area contributed by atoms with Crippen molar-refractivity contribution in [2.75, 3.05) is 39.7 Å². The number of carboxylic acid groups (broad SMARTS) is 1. The minimum absolute atomic E-state index is 0.371. The third kappa shape index (κ3) is 6.50. The molecule has 1 heterocycles. The van der Waals surface area contributed by atoms with Crippen LogP contribution >= 0.6 is 0 Å². The van der Waals surface area contributed by atoms with Gasteiger partial charge in [-0.05, 0) is 44.8 Å². The summed E-state index contributed by atoms with van der Waals surface area (Å²) >= 11 is 0. The monoisotopic (exact) mass is 539 g/mol. The molecule has 1 saturated heterocycles. The van der Waals surface area contributed by atoms with Gasteiger partial charge >= 0.3 is 5.97 Å². The van der Waals surface area contributed by atoms with Crippen LogP contribution in [-0.4, -0.2) is 132 Å². The summed E-state index contributed by atoms with van der Waals surface area (Å²) in [6, 6.07) is 5.89. The van der Waals surface area contributed by atoms with E-state index < -0.39 is 73.7 Å². The van der Waals surface area contributed by atoms with Crippen molar-refractivity contribution in [3.8, 4) is 0 Å². The number of carboxylic acids is 1. The van der Waals surface area contributed by atoms with E-state index in [2.05, 4.69) is 5.32 Å². The van der Waals surface area contributed by atoms with Crippen LogP contribution in [0.3, 0.4) is 0 Å². The van der Waals surface area contributed by atoms with Gasteiger partial charge in [0.15, 0.2) is 6.10 Å². The molecule has 3 rings (SSSR count). The largest absolute Gasteiger partial charge is 0.479 e. The number of carbonyl (C=O) groups is 2. The number of anilines is 1. The molecule has 13 nitrogen and oxygen atoms in total. The third-order valence-corrected chi connectivity index (χ3v) is 6.70. The molecule has 2 aliphatic rings. The molecule has 3 unspecified atom stereocenters. The first-order chi connectivity index (χ1) is 17.8. The molecule has 6 N–H and O–H groups in total. The highest BCUT2D eigenvalue weighted by atomic mass is 16.9. The standard InChI is InChI=1S/C25H37N3O10/c1-12(10-13-6-8-14(9-7-13)27(2)3)23(33)26-16-17(28(4)5)21-22(19(32)18(16)31)38-25(37-21)36-20(24(34)35)15(30)11-29/h6-10,15-22,25,29-32H,11H2,1-5H3,(H,26,33)(H,34,35)/b12-10+/t15?,16-,17+,18-,19+,20?,21-,22+,25?/m0/s1. The lowest BCUT2D eigenvalue weighted by Crippen LogP contribution is -2.70. The van der Waals surface area contributed by atoms with Gasteiger partial charge in [-0.25, -0.2) is 4.79 Å². The van der Waals surface area contributed by atoms with Crippen molar-refractivity contribution in [1.29, 1.82) is 0 Å². The summed E-state index contributed by atoms with van der Waals surface area (Å²) < 4.78 is 16.5. The number of fused-ring (bicyclic) bond motifs is 1. The number of aliphatic carboxylic acids is 1. The zero-order valence-electron chi connectivity index (χ0n) is 22.0. The lowest BCUT2D eigenvalue weighted by atomic mass is 9.80. The van der Waals surface area contributed by atoms with Gasteiger partial charge in [-0.2, -0.15) is 0 Å². The van der Waals surface area contributed by atoms with E-state index in [4.69, 9.17) is 19.3 Å². The highest BCUT2D eigenvalue weighted by Gasteiger charge is 2.57. The molecule has 212 valence electrons. The molecule has 1 aromatic rings. The number of likely N-dealkylation sites (N-methyl/N-ethyl adjacent to an activating group) is 1. The first kappa shape index (κ1) is 29.9. The third-order valence-electron chi connectivity index (χ3n) is 6.70. The summed E-state index contributed by atoms with van der Waals surface area (Å²) in [4.78, 5) is 28.2. The molecule has 2 fully saturated rings. The number of aliphatic hydroxyl groups is 4. The molecule has 0 bridgehead atoms. The maximum atomic E-state index is 13.1. The van der Waals surface area contributed by atoms with Crippen LogP contribution in [0.5, 0.6) is 0 Å². The van der Waals surface area contributed by atoms with Gasteiger partial charge in [0.25, 0.3) is 6.48 Å². The van der Waals surface area contributed by atoms with Gasteiger partial charge in [0.1, 0.15) is 30.5 Å². The Balaban J connectivity index is 1.77. The lowest BCUT2D eigenvalue weighted by molar-refractivity contribution is -0.278. The van der Waals surface area contributed by atoms with Crippen LogP contribution < -0.4 is 10.2 Å². The Bertz CT molecular complexity index is 1000. The molecule has 1 aliphatic carbocycles. The van der Waals surface area contributed by atoms with E-state index in [1.165, 1.54) is 0 Å². The van der Waals surface area contributed by atoms with Crippen LogP contribution in [0.1, 0.15) is 12.5 Å². The summed E-state index contributed by atoms with van der Waals surface area (Å²) in [6.07, 6.45) is -6.94.